The number of halogens is 1. The van der Waals surface area contributed by atoms with E-state index in [9.17, 15) is 9.59 Å². The number of carboxylic acids is 1. The van der Waals surface area contributed by atoms with Crippen LogP contribution in [-0.4, -0.2) is 16.9 Å². The van der Waals surface area contributed by atoms with Crippen molar-refractivity contribution >= 4 is 34.7 Å². The maximum Gasteiger partial charge on any atom is 0.306 e. The molecule has 0 fully saturated rings. The fraction of sp³-hybridized carbons (Fsp3) is 0.333. The Morgan fingerprint density at radius 2 is 2.21 bits per heavy atom. The first kappa shape index (κ1) is 11.2. The van der Waals surface area contributed by atoms with E-state index in [2.05, 4.69) is 0 Å². The topological polar surface area (TPSA) is 54.4 Å². The molecule has 5 heteroatoms. The Bertz CT molecular complexity index is 359. The monoisotopic (exact) mass is 232 g/mol. The van der Waals surface area contributed by atoms with Crippen molar-refractivity contribution in [2.45, 2.75) is 13.3 Å². The zero-order valence-electron chi connectivity index (χ0n) is 7.49. The number of ketones is 1. The average Bonchev–Trinajstić information content (AvgIpc) is 2.51. The van der Waals surface area contributed by atoms with E-state index in [4.69, 9.17) is 16.7 Å². The highest BCUT2D eigenvalue weighted by Crippen LogP contribution is 2.23. The van der Waals surface area contributed by atoms with Gasteiger partial charge in [-0.05, 0) is 12.1 Å². The standard InChI is InChI=1S/C9H9ClO3S/c1-5(9(12)13)4-6(11)7-2-3-8(10)14-7/h2-3,5H,4H2,1H3,(H,12,13). The van der Waals surface area contributed by atoms with Crippen molar-refractivity contribution < 1.29 is 14.7 Å². The molecule has 76 valence electrons. The fourth-order valence-corrected chi connectivity index (χ4v) is 1.92. The summed E-state index contributed by atoms with van der Waals surface area (Å²) in [5.41, 5.74) is 0. The third kappa shape index (κ3) is 2.82. The normalized spacial score (nSPS) is 12.4. The van der Waals surface area contributed by atoms with Gasteiger partial charge < -0.3 is 5.11 Å². The van der Waals surface area contributed by atoms with Gasteiger partial charge in [0.05, 0.1) is 15.1 Å². The molecule has 1 N–H and O–H groups in total. The van der Waals surface area contributed by atoms with Crippen LogP contribution in [0.25, 0.3) is 0 Å². The highest BCUT2D eigenvalue weighted by Gasteiger charge is 2.17. The van der Waals surface area contributed by atoms with Crippen molar-refractivity contribution in [3.8, 4) is 0 Å². The van der Waals surface area contributed by atoms with Gasteiger partial charge >= 0.3 is 5.97 Å². The third-order valence-electron chi connectivity index (χ3n) is 1.76. The molecule has 1 heterocycles. The lowest BCUT2D eigenvalue weighted by Crippen LogP contribution is -2.13. The highest BCUT2D eigenvalue weighted by molar-refractivity contribution is 7.18. The summed E-state index contributed by atoms with van der Waals surface area (Å²) in [7, 11) is 0. The van der Waals surface area contributed by atoms with Crippen LogP contribution in [0.3, 0.4) is 0 Å². The summed E-state index contributed by atoms with van der Waals surface area (Å²) in [5, 5.41) is 8.61. The molecular formula is C9H9ClO3S. The van der Waals surface area contributed by atoms with Crippen LogP contribution in [0.1, 0.15) is 23.0 Å². The van der Waals surface area contributed by atoms with Crippen LogP contribution in [0.4, 0.5) is 0 Å². The second kappa shape index (κ2) is 4.57. The predicted octanol–water partition coefficient (Wildman–Crippen LogP) is 2.70. The van der Waals surface area contributed by atoms with Crippen LogP contribution in [0.2, 0.25) is 4.34 Å². The lowest BCUT2D eigenvalue weighted by molar-refractivity contribution is -0.141. The third-order valence-corrected chi connectivity index (χ3v) is 3.03. The van der Waals surface area contributed by atoms with Gasteiger partial charge in [-0.15, -0.1) is 11.3 Å². The van der Waals surface area contributed by atoms with E-state index in [1.165, 1.54) is 18.3 Å². The van der Waals surface area contributed by atoms with Crippen LogP contribution in [0, 0.1) is 5.92 Å². The molecule has 1 aromatic rings. The molecule has 0 amide bonds. The Morgan fingerprint density at radius 3 is 2.64 bits per heavy atom. The Morgan fingerprint density at radius 1 is 1.57 bits per heavy atom. The van der Waals surface area contributed by atoms with Crippen LogP contribution >= 0.6 is 22.9 Å². The molecular weight excluding hydrogens is 224 g/mol. The number of carbonyl (C=O) groups excluding carboxylic acids is 1. The summed E-state index contributed by atoms with van der Waals surface area (Å²) < 4.78 is 0.538. The molecule has 3 nitrogen and oxygen atoms in total. The summed E-state index contributed by atoms with van der Waals surface area (Å²) in [6.07, 6.45) is 0.0200. The van der Waals surface area contributed by atoms with Crippen molar-refractivity contribution in [1.82, 2.24) is 0 Å². The van der Waals surface area contributed by atoms with Crippen molar-refractivity contribution in [3.05, 3.63) is 21.3 Å². The van der Waals surface area contributed by atoms with Gasteiger partial charge in [0.1, 0.15) is 0 Å². The van der Waals surface area contributed by atoms with E-state index in [-0.39, 0.29) is 12.2 Å². The summed E-state index contributed by atoms with van der Waals surface area (Å²) in [5.74, 6) is -1.78. The Kier molecular flexibility index (Phi) is 3.66. The largest absolute Gasteiger partial charge is 0.481 e. The predicted molar refractivity (Wildman–Crippen MR) is 55.1 cm³/mol. The first-order chi connectivity index (χ1) is 6.50. The lowest BCUT2D eigenvalue weighted by atomic mass is 10.0. The number of Topliss-reactive ketones (excluding diaryl/α,β-unsaturated/α-hetero) is 1. The summed E-state index contributed by atoms with van der Waals surface area (Å²) in [4.78, 5) is 22.5. The van der Waals surface area contributed by atoms with Crippen molar-refractivity contribution in [1.29, 1.82) is 0 Å². The number of carbonyl (C=O) groups is 2. The first-order valence-electron chi connectivity index (χ1n) is 4.02. The quantitative estimate of drug-likeness (QED) is 0.812. The van der Waals surface area contributed by atoms with E-state index >= 15 is 0 Å². The Hall–Kier alpha value is -0.870. The maximum absolute atomic E-state index is 11.5. The summed E-state index contributed by atoms with van der Waals surface area (Å²) in [6, 6.07) is 3.24. The minimum Gasteiger partial charge on any atom is -0.481 e. The van der Waals surface area contributed by atoms with E-state index < -0.39 is 11.9 Å². The van der Waals surface area contributed by atoms with Gasteiger partial charge in [-0.3, -0.25) is 9.59 Å². The Balaban J connectivity index is 2.63. The molecule has 0 aromatic carbocycles. The van der Waals surface area contributed by atoms with Crippen LogP contribution < -0.4 is 0 Å². The fourth-order valence-electron chi connectivity index (χ4n) is 0.930. The zero-order chi connectivity index (χ0) is 10.7. The summed E-state index contributed by atoms with van der Waals surface area (Å²) >= 11 is 6.83. The van der Waals surface area contributed by atoms with Gasteiger partial charge in [0.15, 0.2) is 5.78 Å². The van der Waals surface area contributed by atoms with E-state index in [0.717, 1.165) is 0 Å². The molecule has 0 bridgehead atoms. The second-order valence-electron chi connectivity index (χ2n) is 2.97. The molecule has 1 rings (SSSR count). The molecule has 0 aliphatic heterocycles. The van der Waals surface area contributed by atoms with Gasteiger partial charge in [0.25, 0.3) is 0 Å². The maximum atomic E-state index is 11.5. The number of carboxylic acid groups (broad SMARTS) is 1. The van der Waals surface area contributed by atoms with Crippen LogP contribution in [0.15, 0.2) is 12.1 Å². The number of thiophene rings is 1. The second-order valence-corrected chi connectivity index (χ2v) is 4.69. The van der Waals surface area contributed by atoms with Crippen molar-refractivity contribution in [2.24, 2.45) is 5.92 Å². The number of hydrogen-bond acceptors (Lipinski definition) is 3. The van der Waals surface area contributed by atoms with E-state index in [1.807, 2.05) is 0 Å². The van der Waals surface area contributed by atoms with Gasteiger partial charge in [0.2, 0.25) is 0 Å². The molecule has 0 saturated heterocycles. The molecule has 0 radical (unpaired) electrons. The zero-order valence-corrected chi connectivity index (χ0v) is 9.06. The van der Waals surface area contributed by atoms with Crippen LogP contribution in [-0.2, 0) is 4.79 Å². The van der Waals surface area contributed by atoms with Crippen LogP contribution in [0.5, 0.6) is 0 Å². The van der Waals surface area contributed by atoms with Gasteiger partial charge in [-0.25, -0.2) is 0 Å². The SMILES string of the molecule is CC(CC(=O)c1ccc(Cl)s1)C(=O)O. The van der Waals surface area contributed by atoms with Gasteiger partial charge in [0, 0.05) is 6.42 Å². The molecule has 0 spiro atoms. The number of rotatable bonds is 4. The number of aliphatic carboxylic acids is 1. The number of hydrogen-bond donors (Lipinski definition) is 1. The van der Waals surface area contributed by atoms with E-state index in [0.29, 0.717) is 9.21 Å². The molecule has 1 unspecified atom stereocenters. The molecule has 1 atom stereocenters. The molecule has 1 aromatic heterocycles. The smallest absolute Gasteiger partial charge is 0.306 e. The summed E-state index contributed by atoms with van der Waals surface area (Å²) in [6.45, 7) is 1.51. The van der Waals surface area contributed by atoms with Gasteiger partial charge in [-0.2, -0.15) is 0 Å². The van der Waals surface area contributed by atoms with E-state index in [1.54, 1.807) is 12.1 Å². The molecule has 14 heavy (non-hydrogen) atoms. The minimum absolute atomic E-state index is 0.0200. The van der Waals surface area contributed by atoms with Crippen molar-refractivity contribution in [2.75, 3.05) is 0 Å². The minimum atomic E-state index is -0.957. The molecule has 0 aliphatic rings. The first-order valence-corrected chi connectivity index (χ1v) is 5.21. The molecule has 0 saturated carbocycles. The van der Waals surface area contributed by atoms with Crippen molar-refractivity contribution in [3.63, 3.8) is 0 Å². The highest BCUT2D eigenvalue weighted by atomic mass is 35.5. The Labute approximate surface area is 90.3 Å². The lowest BCUT2D eigenvalue weighted by Gasteiger charge is -2.02. The molecule has 0 aliphatic carbocycles. The van der Waals surface area contributed by atoms with Gasteiger partial charge in [-0.1, -0.05) is 18.5 Å². The average molecular weight is 233 g/mol.